The maximum atomic E-state index is 14.3. The van der Waals surface area contributed by atoms with Crippen LogP contribution in [-0.4, -0.2) is 18.2 Å². The zero-order chi connectivity index (χ0) is 18.9. The number of hydrogen-bond donors (Lipinski definition) is 1. The van der Waals surface area contributed by atoms with Gasteiger partial charge in [0.1, 0.15) is 28.4 Å². The summed E-state index contributed by atoms with van der Waals surface area (Å²) in [5.74, 6) is -7.03. The lowest BCUT2D eigenvalue weighted by Crippen LogP contribution is -2.13. The smallest absolute Gasteiger partial charge is 0.420 e. The van der Waals surface area contributed by atoms with Crippen LogP contribution in [0, 0.1) is 11.6 Å². The molecule has 0 spiro atoms. The molecule has 0 amide bonds. The highest BCUT2D eigenvalue weighted by molar-refractivity contribution is 6.32. The number of aromatic carboxylic acids is 1. The van der Waals surface area contributed by atoms with E-state index in [1.165, 1.54) is 0 Å². The van der Waals surface area contributed by atoms with Crippen molar-refractivity contribution in [3.63, 3.8) is 0 Å². The zero-order valence-corrected chi connectivity index (χ0v) is 13.0. The van der Waals surface area contributed by atoms with Gasteiger partial charge in [0.25, 0.3) is 0 Å². The van der Waals surface area contributed by atoms with Crippen molar-refractivity contribution in [1.29, 1.82) is 0 Å². The van der Waals surface area contributed by atoms with Crippen molar-refractivity contribution in [3.8, 4) is 17.2 Å². The Kier molecular flexibility index (Phi) is 5.07. The molecule has 0 atom stereocenters. The summed E-state index contributed by atoms with van der Waals surface area (Å²) < 4.78 is 75.8. The van der Waals surface area contributed by atoms with Gasteiger partial charge in [-0.2, -0.15) is 13.2 Å². The summed E-state index contributed by atoms with van der Waals surface area (Å²) in [7, 11) is 0.761. The lowest BCUT2D eigenvalue weighted by molar-refractivity contribution is -0.139. The number of carboxylic acid groups (broad SMARTS) is 1. The van der Waals surface area contributed by atoms with E-state index in [4.69, 9.17) is 21.4 Å². The normalized spacial score (nSPS) is 11.3. The molecule has 2 aromatic rings. The van der Waals surface area contributed by atoms with Gasteiger partial charge in [-0.3, -0.25) is 0 Å². The molecule has 1 N–H and O–H groups in total. The van der Waals surface area contributed by atoms with E-state index in [2.05, 4.69) is 4.74 Å². The molecule has 0 fully saturated rings. The van der Waals surface area contributed by atoms with E-state index >= 15 is 0 Å². The maximum Gasteiger partial charge on any atom is 0.420 e. The number of hydrogen-bond acceptors (Lipinski definition) is 3. The molecule has 0 aromatic heterocycles. The molecule has 0 saturated heterocycles. The van der Waals surface area contributed by atoms with Crippen LogP contribution >= 0.6 is 11.6 Å². The van der Waals surface area contributed by atoms with Crippen molar-refractivity contribution in [2.24, 2.45) is 0 Å². The molecule has 25 heavy (non-hydrogen) atoms. The zero-order valence-electron chi connectivity index (χ0n) is 12.2. The molecule has 4 nitrogen and oxygen atoms in total. The number of alkyl halides is 3. The van der Waals surface area contributed by atoms with Crippen LogP contribution in [0.1, 0.15) is 15.9 Å². The van der Waals surface area contributed by atoms with Crippen molar-refractivity contribution < 1.29 is 41.3 Å². The Bertz CT molecular complexity index is 836. The lowest BCUT2D eigenvalue weighted by atomic mass is 10.1. The number of methoxy groups -OCH3 is 1. The van der Waals surface area contributed by atoms with Crippen LogP contribution in [0.5, 0.6) is 17.2 Å². The average molecular weight is 383 g/mol. The Hall–Kier alpha value is -2.55. The monoisotopic (exact) mass is 382 g/mol. The second-order valence-corrected chi connectivity index (χ2v) is 5.03. The second kappa shape index (κ2) is 6.75. The van der Waals surface area contributed by atoms with Crippen molar-refractivity contribution in [1.82, 2.24) is 0 Å². The molecule has 134 valence electrons. The first kappa shape index (κ1) is 18.8. The Morgan fingerprint density at radius 1 is 1.16 bits per heavy atom. The van der Waals surface area contributed by atoms with Gasteiger partial charge in [0.15, 0.2) is 11.6 Å². The van der Waals surface area contributed by atoms with Crippen LogP contribution in [-0.2, 0) is 6.18 Å². The fraction of sp³-hybridized carbons (Fsp3) is 0.133. The van der Waals surface area contributed by atoms with Crippen LogP contribution in [0.3, 0.4) is 0 Å². The Morgan fingerprint density at radius 2 is 1.80 bits per heavy atom. The van der Waals surface area contributed by atoms with Crippen molar-refractivity contribution >= 4 is 17.6 Å². The highest BCUT2D eigenvalue weighted by Crippen LogP contribution is 2.44. The Morgan fingerprint density at radius 3 is 2.28 bits per heavy atom. The fourth-order valence-corrected chi connectivity index (χ4v) is 2.18. The van der Waals surface area contributed by atoms with Crippen LogP contribution < -0.4 is 9.47 Å². The number of carbonyl (C=O) groups is 1. The predicted octanol–water partition coefficient (Wildman–Crippen LogP) is 5.14. The largest absolute Gasteiger partial charge is 0.493 e. The van der Waals surface area contributed by atoms with E-state index in [-0.39, 0.29) is 16.8 Å². The minimum absolute atomic E-state index is 0.269. The fourth-order valence-electron chi connectivity index (χ4n) is 1.98. The summed E-state index contributed by atoms with van der Waals surface area (Å²) >= 11 is 5.69. The lowest BCUT2D eigenvalue weighted by Gasteiger charge is -2.17. The summed E-state index contributed by atoms with van der Waals surface area (Å²) in [6, 6.07) is 2.90. The molecule has 0 heterocycles. The minimum Gasteiger partial charge on any atom is -0.493 e. The highest BCUT2D eigenvalue weighted by atomic mass is 35.5. The molecule has 0 saturated carbocycles. The van der Waals surface area contributed by atoms with Gasteiger partial charge >= 0.3 is 12.1 Å². The summed E-state index contributed by atoms with van der Waals surface area (Å²) in [6.07, 6.45) is -5.05. The van der Waals surface area contributed by atoms with E-state index in [1.54, 1.807) is 0 Å². The van der Waals surface area contributed by atoms with E-state index < -0.39 is 46.4 Å². The first-order valence-corrected chi connectivity index (χ1v) is 6.78. The van der Waals surface area contributed by atoms with Gasteiger partial charge in [0.2, 0.25) is 0 Å². The summed E-state index contributed by atoms with van der Waals surface area (Å²) in [5, 5.41) is 8.76. The van der Waals surface area contributed by atoms with Gasteiger partial charge in [-0.05, 0) is 24.3 Å². The third-order valence-corrected chi connectivity index (χ3v) is 3.32. The number of rotatable bonds is 4. The van der Waals surface area contributed by atoms with Gasteiger partial charge in [-0.1, -0.05) is 11.6 Å². The third kappa shape index (κ3) is 3.76. The molecule has 2 rings (SSSR count). The van der Waals surface area contributed by atoms with Crippen molar-refractivity contribution in [3.05, 3.63) is 52.0 Å². The SMILES string of the molecule is COc1c(C(F)(F)F)cc(Oc2ccc(F)cc2Cl)c(C(=O)O)c1F. The van der Waals surface area contributed by atoms with E-state index in [9.17, 15) is 26.7 Å². The first-order valence-electron chi connectivity index (χ1n) is 6.40. The molecule has 2 aromatic carbocycles. The van der Waals surface area contributed by atoms with Gasteiger partial charge < -0.3 is 14.6 Å². The van der Waals surface area contributed by atoms with Crippen LogP contribution in [0.2, 0.25) is 5.02 Å². The quantitative estimate of drug-likeness (QED) is 0.744. The second-order valence-electron chi connectivity index (χ2n) is 4.62. The molecule has 0 aliphatic rings. The topological polar surface area (TPSA) is 55.8 Å². The first-order chi connectivity index (χ1) is 11.6. The summed E-state index contributed by atoms with van der Waals surface area (Å²) in [4.78, 5) is 11.3. The Balaban J connectivity index is 2.70. The predicted molar refractivity (Wildman–Crippen MR) is 76.4 cm³/mol. The van der Waals surface area contributed by atoms with Gasteiger partial charge in [0, 0.05) is 0 Å². The van der Waals surface area contributed by atoms with Crippen LogP contribution in [0.4, 0.5) is 22.0 Å². The maximum absolute atomic E-state index is 14.3. The van der Waals surface area contributed by atoms with Gasteiger partial charge in [0.05, 0.1) is 12.1 Å². The highest BCUT2D eigenvalue weighted by Gasteiger charge is 2.39. The summed E-state index contributed by atoms with van der Waals surface area (Å²) in [6.45, 7) is 0. The molecule has 0 aliphatic carbocycles. The third-order valence-electron chi connectivity index (χ3n) is 3.02. The average Bonchev–Trinajstić information content (AvgIpc) is 2.48. The molecule has 10 heteroatoms. The van der Waals surface area contributed by atoms with Crippen LogP contribution in [0.25, 0.3) is 0 Å². The van der Waals surface area contributed by atoms with Gasteiger partial charge in [-0.15, -0.1) is 0 Å². The summed E-state index contributed by atoms with van der Waals surface area (Å²) in [5.41, 5.74) is -2.77. The Labute approximate surface area is 142 Å². The van der Waals surface area contributed by atoms with Crippen molar-refractivity contribution in [2.45, 2.75) is 6.18 Å². The molecule has 0 unspecified atom stereocenters. The van der Waals surface area contributed by atoms with Gasteiger partial charge in [-0.25, -0.2) is 13.6 Å². The van der Waals surface area contributed by atoms with Crippen molar-refractivity contribution in [2.75, 3.05) is 7.11 Å². The van der Waals surface area contributed by atoms with E-state index in [0.29, 0.717) is 0 Å². The molecule has 0 bridgehead atoms. The van der Waals surface area contributed by atoms with E-state index in [1.807, 2.05) is 0 Å². The number of carboxylic acids is 1. The molecule has 0 radical (unpaired) electrons. The molecular formula is C15H8ClF5O4. The minimum atomic E-state index is -5.05. The van der Waals surface area contributed by atoms with E-state index in [0.717, 1.165) is 25.3 Å². The number of halogens is 6. The molecular weight excluding hydrogens is 375 g/mol. The van der Waals surface area contributed by atoms with Crippen LogP contribution in [0.15, 0.2) is 24.3 Å². The standard InChI is InChI=1S/C15H8ClF5O4/c1-24-13-7(15(19,20)21)5-10(11(12(13)18)14(22)23)25-9-3-2-6(17)4-8(9)16/h2-5H,1H3,(H,22,23). The molecule has 0 aliphatic heterocycles. The number of ether oxygens (including phenoxy) is 2. The number of benzene rings is 2.